The highest BCUT2D eigenvalue weighted by molar-refractivity contribution is 7.20. The van der Waals surface area contributed by atoms with Gasteiger partial charge in [0, 0.05) is 45.5 Å². The smallest absolute Gasteiger partial charge is 0.261 e. The molecule has 1 amide bonds. The Hall–Kier alpha value is -2.75. The number of anilines is 1. The Labute approximate surface area is 204 Å². The molecule has 0 spiro atoms. The van der Waals surface area contributed by atoms with Gasteiger partial charge >= 0.3 is 0 Å². The first-order valence-corrected chi connectivity index (χ1v) is 12.5. The number of carbonyl (C=O) groups is 1. The minimum Gasteiger partial charge on any atom is -0.480 e. The number of methoxy groups -OCH3 is 2. The molecule has 0 saturated carbocycles. The van der Waals surface area contributed by atoms with E-state index >= 15 is 0 Å². The molecule has 0 aliphatic carbocycles. The van der Waals surface area contributed by atoms with E-state index in [9.17, 15) is 4.79 Å². The number of aromatic nitrogens is 2. The van der Waals surface area contributed by atoms with Crippen LogP contribution in [0.2, 0.25) is 0 Å². The zero-order valence-corrected chi connectivity index (χ0v) is 21.2. The summed E-state index contributed by atoms with van der Waals surface area (Å²) in [5, 5.41) is 3.87. The lowest BCUT2D eigenvalue weighted by Gasteiger charge is -2.36. The van der Waals surface area contributed by atoms with E-state index in [2.05, 4.69) is 56.3 Å². The first kappa shape index (κ1) is 24.4. The lowest BCUT2D eigenvalue weighted by molar-refractivity contribution is 0.0955. The van der Waals surface area contributed by atoms with Crippen LogP contribution in [0.25, 0.3) is 10.2 Å². The summed E-state index contributed by atoms with van der Waals surface area (Å²) < 4.78 is 10.6. The van der Waals surface area contributed by atoms with Crippen LogP contribution < -0.4 is 15.0 Å². The lowest BCUT2D eigenvalue weighted by Crippen LogP contribution is -2.47. The van der Waals surface area contributed by atoms with E-state index in [0.29, 0.717) is 29.7 Å². The second-order valence-corrected chi connectivity index (χ2v) is 9.59. The Bertz CT molecular complexity index is 1140. The van der Waals surface area contributed by atoms with E-state index in [0.717, 1.165) is 54.9 Å². The van der Waals surface area contributed by atoms with Crippen LogP contribution in [0, 0.1) is 13.8 Å². The summed E-state index contributed by atoms with van der Waals surface area (Å²) in [5.41, 5.74) is 3.46. The first-order chi connectivity index (χ1) is 16.5. The number of piperazine rings is 1. The number of carbonyl (C=O) groups excluding carboxylic acids is 1. The molecule has 0 atom stereocenters. The third-order valence-corrected chi connectivity index (χ3v) is 7.34. The molecule has 1 aromatic carbocycles. The van der Waals surface area contributed by atoms with Gasteiger partial charge in [-0.2, -0.15) is 4.98 Å². The number of aryl methyl sites for hydroxylation is 2. The molecule has 1 N–H and O–H groups in total. The minimum atomic E-state index is -0.0693. The average Bonchev–Trinajstić information content (AvgIpc) is 3.18. The lowest BCUT2D eigenvalue weighted by atomic mass is 10.2. The second kappa shape index (κ2) is 11.1. The summed E-state index contributed by atoms with van der Waals surface area (Å²) in [6.07, 6.45) is 0.918. The van der Waals surface area contributed by atoms with Gasteiger partial charge in [-0.05, 0) is 50.1 Å². The van der Waals surface area contributed by atoms with E-state index in [1.807, 2.05) is 6.92 Å². The van der Waals surface area contributed by atoms with E-state index in [1.165, 1.54) is 22.6 Å². The van der Waals surface area contributed by atoms with Gasteiger partial charge in [0.25, 0.3) is 5.91 Å². The third kappa shape index (κ3) is 5.48. The highest BCUT2D eigenvalue weighted by Crippen LogP contribution is 2.35. The predicted octanol–water partition coefficient (Wildman–Crippen LogP) is 3.41. The molecule has 1 saturated heterocycles. The Kier molecular flexibility index (Phi) is 7.97. The van der Waals surface area contributed by atoms with Gasteiger partial charge in [-0.3, -0.25) is 9.69 Å². The van der Waals surface area contributed by atoms with Crippen LogP contribution >= 0.6 is 11.3 Å². The number of thiophene rings is 1. The third-order valence-electron chi connectivity index (χ3n) is 6.15. The number of benzene rings is 1. The first-order valence-electron chi connectivity index (χ1n) is 11.6. The van der Waals surface area contributed by atoms with E-state index in [1.54, 1.807) is 14.2 Å². The van der Waals surface area contributed by atoms with Crippen LogP contribution in [0.3, 0.4) is 0 Å². The van der Waals surface area contributed by atoms with Gasteiger partial charge in [0.2, 0.25) is 5.88 Å². The van der Waals surface area contributed by atoms with Crippen molar-refractivity contribution in [3.63, 3.8) is 0 Å². The molecule has 0 unspecified atom stereocenters. The Balaban J connectivity index is 1.28. The second-order valence-electron chi connectivity index (χ2n) is 8.60. The van der Waals surface area contributed by atoms with Crippen LogP contribution in [-0.2, 0) is 11.3 Å². The molecule has 1 aliphatic rings. The van der Waals surface area contributed by atoms with Crippen LogP contribution in [0.1, 0.15) is 33.0 Å². The summed E-state index contributed by atoms with van der Waals surface area (Å²) in [6.45, 7) is 10.1. The Morgan fingerprint density at radius 1 is 1.15 bits per heavy atom. The van der Waals surface area contributed by atoms with Gasteiger partial charge in [0.15, 0.2) is 5.82 Å². The molecule has 4 rings (SSSR count). The van der Waals surface area contributed by atoms with Crippen LogP contribution in [-0.4, -0.2) is 74.3 Å². The van der Waals surface area contributed by atoms with Crippen molar-refractivity contribution in [3.8, 4) is 5.88 Å². The number of amides is 1. The monoisotopic (exact) mass is 483 g/mol. The maximum atomic E-state index is 12.9. The van der Waals surface area contributed by atoms with Gasteiger partial charge in [-0.1, -0.05) is 12.1 Å². The zero-order valence-electron chi connectivity index (χ0n) is 20.4. The molecule has 2 aromatic heterocycles. The number of nitrogens with zero attached hydrogens (tertiary/aromatic N) is 4. The quantitative estimate of drug-likeness (QED) is 0.467. The minimum absolute atomic E-state index is 0.0693. The number of rotatable bonds is 9. The Morgan fingerprint density at radius 3 is 2.65 bits per heavy atom. The number of hydrogen-bond acceptors (Lipinski definition) is 8. The molecule has 0 bridgehead atoms. The van der Waals surface area contributed by atoms with Crippen molar-refractivity contribution in [2.45, 2.75) is 26.9 Å². The zero-order chi connectivity index (χ0) is 24.1. The van der Waals surface area contributed by atoms with Crippen molar-refractivity contribution < 1.29 is 14.3 Å². The fourth-order valence-electron chi connectivity index (χ4n) is 4.34. The summed E-state index contributed by atoms with van der Waals surface area (Å²) in [4.78, 5) is 28.2. The van der Waals surface area contributed by atoms with E-state index < -0.39 is 0 Å². The van der Waals surface area contributed by atoms with Crippen LogP contribution in [0.4, 0.5) is 5.69 Å². The van der Waals surface area contributed by atoms with E-state index in [-0.39, 0.29) is 5.91 Å². The predicted molar refractivity (Wildman–Crippen MR) is 136 cm³/mol. The topological polar surface area (TPSA) is 79.8 Å². The van der Waals surface area contributed by atoms with Crippen molar-refractivity contribution in [2.75, 3.05) is 58.4 Å². The average molecular weight is 484 g/mol. The largest absolute Gasteiger partial charge is 0.480 e. The summed E-state index contributed by atoms with van der Waals surface area (Å²) in [6, 6.07) is 8.70. The standard InChI is InChI=1S/C25H33N5O3S/c1-17-7-5-8-19(15-17)30-13-11-29(12-14-30)10-6-9-26-23(31)22-18(2)21-24(33-4)27-20(16-32-3)28-25(21)34-22/h5,7-8,15H,6,9-14,16H2,1-4H3,(H,26,31). The number of nitrogens with one attached hydrogen (secondary N) is 1. The molecule has 182 valence electrons. The molecule has 34 heavy (non-hydrogen) atoms. The SMILES string of the molecule is COCc1nc(OC)c2c(C)c(C(=O)NCCCN3CCN(c4cccc(C)c4)CC3)sc2n1. The van der Waals surface area contributed by atoms with Crippen molar-refractivity contribution in [3.05, 3.63) is 46.1 Å². The molecule has 0 radical (unpaired) electrons. The number of ether oxygens (including phenoxy) is 2. The molecule has 1 aliphatic heterocycles. The molecular weight excluding hydrogens is 450 g/mol. The van der Waals surface area contributed by atoms with Gasteiger partial charge in [-0.15, -0.1) is 11.3 Å². The normalized spacial score (nSPS) is 14.5. The maximum absolute atomic E-state index is 12.9. The summed E-state index contributed by atoms with van der Waals surface area (Å²) in [7, 11) is 3.18. The molecule has 3 aromatic rings. The van der Waals surface area contributed by atoms with Crippen molar-refractivity contribution in [2.24, 2.45) is 0 Å². The fourth-order valence-corrected chi connectivity index (χ4v) is 5.45. The van der Waals surface area contributed by atoms with Crippen LogP contribution in [0.15, 0.2) is 24.3 Å². The molecule has 1 fully saturated rings. The molecule has 3 heterocycles. The summed E-state index contributed by atoms with van der Waals surface area (Å²) in [5.74, 6) is 0.956. The van der Waals surface area contributed by atoms with Gasteiger partial charge in [0.1, 0.15) is 11.4 Å². The number of fused-ring (bicyclic) bond motifs is 1. The molecular formula is C25H33N5O3S. The molecule has 8 nitrogen and oxygen atoms in total. The highest BCUT2D eigenvalue weighted by Gasteiger charge is 2.21. The molecule has 9 heteroatoms. The van der Waals surface area contributed by atoms with Crippen molar-refractivity contribution in [1.82, 2.24) is 20.2 Å². The number of hydrogen-bond donors (Lipinski definition) is 1. The van der Waals surface area contributed by atoms with Crippen molar-refractivity contribution >= 4 is 33.1 Å². The summed E-state index contributed by atoms with van der Waals surface area (Å²) >= 11 is 1.37. The van der Waals surface area contributed by atoms with Gasteiger partial charge < -0.3 is 19.7 Å². The van der Waals surface area contributed by atoms with Gasteiger partial charge in [-0.25, -0.2) is 4.98 Å². The maximum Gasteiger partial charge on any atom is 0.261 e. The van der Waals surface area contributed by atoms with Gasteiger partial charge in [0.05, 0.1) is 17.4 Å². The highest BCUT2D eigenvalue weighted by atomic mass is 32.1. The van der Waals surface area contributed by atoms with E-state index in [4.69, 9.17) is 9.47 Å². The van der Waals surface area contributed by atoms with Crippen LogP contribution in [0.5, 0.6) is 5.88 Å². The van der Waals surface area contributed by atoms with Crippen molar-refractivity contribution in [1.29, 1.82) is 0 Å². The fraction of sp³-hybridized carbons (Fsp3) is 0.480. The Morgan fingerprint density at radius 2 is 1.94 bits per heavy atom.